The molecule has 2 N–H and O–H groups in total. The zero-order valence-corrected chi connectivity index (χ0v) is 10.3. The third kappa shape index (κ3) is 2.78. The predicted molar refractivity (Wildman–Crippen MR) is 69.1 cm³/mol. The van der Waals surface area contributed by atoms with Crippen LogP contribution in [-0.4, -0.2) is 35.8 Å². The summed E-state index contributed by atoms with van der Waals surface area (Å²) in [6.07, 6.45) is -2.57. The number of halogens is 2. The van der Waals surface area contributed by atoms with Crippen LogP contribution in [0.1, 0.15) is 10.4 Å². The van der Waals surface area contributed by atoms with E-state index in [1.165, 1.54) is 13.1 Å². The Hall–Kier alpha value is -2.24. The molecule has 0 aliphatic heterocycles. The number of anilines is 1. The molecule has 4 nitrogen and oxygen atoms in total. The Balaban J connectivity index is 2.47. The number of alkyl halides is 2. The van der Waals surface area contributed by atoms with E-state index in [1.54, 1.807) is 24.3 Å². The Morgan fingerprint density at radius 1 is 1.42 bits per heavy atom. The van der Waals surface area contributed by atoms with Gasteiger partial charge in [-0.15, -0.1) is 0 Å². The van der Waals surface area contributed by atoms with Crippen molar-refractivity contribution >= 4 is 22.6 Å². The van der Waals surface area contributed by atoms with E-state index in [-0.39, 0.29) is 11.4 Å². The molecule has 1 amide bonds. The topological polar surface area (TPSA) is 59.2 Å². The fourth-order valence-electron chi connectivity index (χ4n) is 1.87. The van der Waals surface area contributed by atoms with Gasteiger partial charge in [-0.2, -0.15) is 0 Å². The maximum absolute atomic E-state index is 12.3. The van der Waals surface area contributed by atoms with Gasteiger partial charge >= 0.3 is 0 Å². The molecule has 0 unspecified atom stereocenters. The molecular formula is C13H13F2N3O. The van der Waals surface area contributed by atoms with Gasteiger partial charge in [0.2, 0.25) is 0 Å². The first-order valence-electron chi connectivity index (χ1n) is 5.68. The average molecular weight is 265 g/mol. The van der Waals surface area contributed by atoms with Gasteiger partial charge in [0.25, 0.3) is 12.3 Å². The minimum absolute atomic E-state index is 0.187. The van der Waals surface area contributed by atoms with Crippen molar-refractivity contribution in [3.63, 3.8) is 0 Å². The standard InChI is InChI=1S/C13H13F2N3O/c1-18(7-11(14)15)13(19)9-6-12(16)17-10-5-3-2-4-8(9)10/h2-6,11H,7H2,1H3,(H2,16,17). The number of hydrogen-bond acceptors (Lipinski definition) is 3. The molecule has 2 rings (SSSR count). The molecule has 6 heteroatoms. The van der Waals surface area contributed by atoms with Crippen LogP contribution in [0.3, 0.4) is 0 Å². The number of carbonyl (C=O) groups excluding carboxylic acids is 1. The quantitative estimate of drug-likeness (QED) is 0.925. The number of aromatic nitrogens is 1. The van der Waals surface area contributed by atoms with Gasteiger partial charge in [0.1, 0.15) is 5.82 Å². The summed E-state index contributed by atoms with van der Waals surface area (Å²) in [4.78, 5) is 17.2. The van der Waals surface area contributed by atoms with Gasteiger partial charge in [0.05, 0.1) is 17.6 Å². The second-order valence-corrected chi connectivity index (χ2v) is 4.19. The van der Waals surface area contributed by atoms with Crippen molar-refractivity contribution in [2.75, 3.05) is 19.3 Å². The van der Waals surface area contributed by atoms with Gasteiger partial charge in [-0.05, 0) is 12.1 Å². The lowest BCUT2D eigenvalue weighted by molar-refractivity contribution is 0.0622. The van der Waals surface area contributed by atoms with Crippen LogP contribution in [0.15, 0.2) is 30.3 Å². The van der Waals surface area contributed by atoms with Crippen molar-refractivity contribution in [3.8, 4) is 0 Å². The first kappa shape index (κ1) is 13.2. The van der Waals surface area contributed by atoms with E-state index >= 15 is 0 Å². The summed E-state index contributed by atoms with van der Waals surface area (Å²) in [6.45, 7) is -0.616. The lowest BCUT2D eigenvalue weighted by Crippen LogP contribution is -2.31. The number of para-hydroxylation sites is 1. The zero-order chi connectivity index (χ0) is 14.0. The molecule has 0 fully saturated rings. The van der Waals surface area contributed by atoms with E-state index in [2.05, 4.69) is 4.98 Å². The molecule has 0 aliphatic carbocycles. The predicted octanol–water partition coefficient (Wildman–Crippen LogP) is 2.15. The van der Waals surface area contributed by atoms with E-state index in [0.29, 0.717) is 10.9 Å². The van der Waals surface area contributed by atoms with Gasteiger partial charge in [0.15, 0.2) is 0 Å². The molecule has 0 aliphatic rings. The lowest BCUT2D eigenvalue weighted by atomic mass is 10.1. The number of pyridine rings is 1. The molecule has 0 atom stereocenters. The maximum atomic E-state index is 12.3. The van der Waals surface area contributed by atoms with Gasteiger partial charge in [-0.25, -0.2) is 13.8 Å². The zero-order valence-electron chi connectivity index (χ0n) is 10.3. The Bertz CT molecular complexity index is 616. The Labute approximate surface area is 108 Å². The monoisotopic (exact) mass is 265 g/mol. The van der Waals surface area contributed by atoms with Crippen molar-refractivity contribution in [1.82, 2.24) is 9.88 Å². The summed E-state index contributed by atoms with van der Waals surface area (Å²) in [6, 6.07) is 8.36. The molecule has 19 heavy (non-hydrogen) atoms. The SMILES string of the molecule is CN(CC(F)F)C(=O)c1cc(N)nc2ccccc12. The van der Waals surface area contributed by atoms with Crippen LogP contribution in [0, 0.1) is 0 Å². The highest BCUT2D eigenvalue weighted by Gasteiger charge is 2.18. The van der Waals surface area contributed by atoms with Crippen molar-refractivity contribution in [1.29, 1.82) is 0 Å². The lowest BCUT2D eigenvalue weighted by Gasteiger charge is -2.17. The fraction of sp³-hybridized carbons (Fsp3) is 0.231. The van der Waals surface area contributed by atoms with Crippen LogP contribution in [0.25, 0.3) is 10.9 Å². The smallest absolute Gasteiger partial charge is 0.255 e. The molecule has 0 radical (unpaired) electrons. The normalized spacial score (nSPS) is 10.9. The van der Waals surface area contributed by atoms with Gasteiger partial charge < -0.3 is 10.6 Å². The Morgan fingerprint density at radius 3 is 2.79 bits per heavy atom. The van der Waals surface area contributed by atoms with Crippen LogP contribution >= 0.6 is 0 Å². The number of nitrogens with two attached hydrogens (primary N) is 1. The maximum Gasteiger partial charge on any atom is 0.255 e. The highest BCUT2D eigenvalue weighted by atomic mass is 19.3. The van der Waals surface area contributed by atoms with Gasteiger partial charge in [-0.1, -0.05) is 18.2 Å². The average Bonchev–Trinajstić information content (AvgIpc) is 2.36. The number of carbonyl (C=O) groups is 1. The summed E-state index contributed by atoms with van der Waals surface area (Å²) in [5.41, 5.74) is 6.48. The Kier molecular flexibility index (Phi) is 3.59. The van der Waals surface area contributed by atoms with Crippen molar-refractivity contribution < 1.29 is 13.6 Å². The van der Waals surface area contributed by atoms with Gasteiger partial charge in [0, 0.05) is 12.4 Å². The first-order valence-corrected chi connectivity index (χ1v) is 5.68. The number of hydrogen-bond donors (Lipinski definition) is 1. The van der Waals surface area contributed by atoms with Crippen LogP contribution in [0.4, 0.5) is 14.6 Å². The molecule has 1 aromatic carbocycles. The van der Waals surface area contributed by atoms with Crippen LogP contribution < -0.4 is 5.73 Å². The fourth-order valence-corrected chi connectivity index (χ4v) is 1.87. The Morgan fingerprint density at radius 2 is 2.11 bits per heavy atom. The molecule has 0 bridgehead atoms. The molecule has 0 saturated carbocycles. The number of nitrogen functional groups attached to an aromatic ring is 1. The van der Waals surface area contributed by atoms with Crippen molar-refractivity contribution in [2.45, 2.75) is 6.43 Å². The molecule has 0 saturated heterocycles. The second-order valence-electron chi connectivity index (χ2n) is 4.19. The van der Waals surface area contributed by atoms with Crippen molar-refractivity contribution in [2.24, 2.45) is 0 Å². The number of fused-ring (bicyclic) bond motifs is 1. The number of rotatable bonds is 3. The molecule has 0 spiro atoms. The summed E-state index contributed by atoms with van der Waals surface area (Å²) in [5, 5.41) is 0.600. The summed E-state index contributed by atoms with van der Waals surface area (Å²) < 4.78 is 24.6. The summed E-state index contributed by atoms with van der Waals surface area (Å²) in [7, 11) is 1.33. The molecule has 100 valence electrons. The number of nitrogens with zero attached hydrogens (tertiary/aromatic N) is 2. The summed E-state index contributed by atoms with van der Waals surface area (Å²) in [5.74, 6) is -0.307. The molecule has 2 aromatic rings. The van der Waals surface area contributed by atoms with Crippen LogP contribution in [-0.2, 0) is 0 Å². The highest BCUT2D eigenvalue weighted by molar-refractivity contribution is 6.06. The number of benzene rings is 1. The first-order chi connectivity index (χ1) is 8.99. The summed E-state index contributed by atoms with van der Waals surface area (Å²) >= 11 is 0. The van der Waals surface area contributed by atoms with E-state index in [9.17, 15) is 13.6 Å². The van der Waals surface area contributed by atoms with Crippen LogP contribution in [0.5, 0.6) is 0 Å². The largest absolute Gasteiger partial charge is 0.384 e. The minimum Gasteiger partial charge on any atom is -0.384 e. The third-order valence-corrected chi connectivity index (χ3v) is 2.72. The second kappa shape index (κ2) is 5.17. The van der Waals surface area contributed by atoms with E-state index in [1.807, 2.05) is 0 Å². The molecular weight excluding hydrogens is 252 g/mol. The van der Waals surface area contributed by atoms with Crippen molar-refractivity contribution in [3.05, 3.63) is 35.9 Å². The molecule has 1 aromatic heterocycles. The van der Waals surface area contributed by atoms with E-state index < -0.39 is 18.9 Å². The van der Waals surface area contributed by atoms with Gasteiger partial charge in [-0.3, -0.25) is 4.79 Å². The van der Waals surface area contributed by atoms with Crippen LogP contribution in [0.2, 0.25) is 0 Å². The third-order valence-electron chi connectivity index (χ3n) is 2.72. The number of amides is 1. The van der Waals surface area contributed by atoms with E-state index in [0.717, 1.165) is 4.90 Å². The molecule has 1 heterocycles. The highest BCUT2D eigenvalue weighted by Crippen LogP contribution is 2.20. The van der Waals surface area contributed by atoms with E-state index in [4.69, 9.17) is 5.73 Å². The minimum atomic E-state index is -2.57.